The molecule has 6 nitrogen and oxygen atoms in total. The number of amides is 1. The Labute approximate surface area is 140 Å². The molecule has 1 amide bonds. The van der Waals surface area contributed by atoms with E-state index >= 15 is 0 Å². The summed E-state index contributed by atoms with van der Waals surface area (Å²) in [6.07, 6.45) is 7.79. The maximum absolute atomic E-state index is 12.2. The van der Waals surface area contributed by atoms with Gasteiger partial charge in [-0.2, -0.15) is 0 Å². The fourth-order valence-corrected chi connectivity index (χ4v) is 2.42. The van der Waals surface area contributed by atoms with Gasteiger partial charge in [-0.05, 0) is 32.1 Å². The summed E-state index contributed by atoms with van der Waals surface area (Å²) in [5.74, 6) is -0.618. The van der Waals surface area contributed by atoms with Crippen LogP contribution in [-0.4, -0.2) is 36.9 Å². The number of hydrogen-bond donors (Lipinski definition) is 1. The van der Waals surface area contributed by atoms with Crippen molar-refractivity contribution in [1.82, 2.24) is 10.3 Å². The molecule has 124 valence electrons. The quantitative estimate of drug-likeness (QED) is 0.891. The summed E-state index contributed by atoms with van der Waals surface area (Å²) >= 11 is 6.24. The maximum atomic E-state index is 12.2. The molecule has 8 heteroatoms. The first kappa shape index (κ1) is 17.5. The summed E-state index contributed by atoms with van der Waals surface area (Å²) in [7, 11) is -3.54. The first-order valence-electron chi connectivity index (χ1n) is 6.87. The van der Waals surface area contributed by atoms with Gasteiger partial charge >= 0.3 is 0 Å². The van der Waals surface area contributed by atoms with E-state index in [1.165, 1.54) is 13.8 Å². The van der Waals surface area contributed by atoms with E-state index in [9.17, 15) is 13.2 Å². The first-order valence-corrected chi connectivity index (χ1v) is 9.14. The van der Waals surface area contributed by atoms with Crippen molar-refractivity contribution < 1.29 is 13.2 Å². The Morgan fingerprint density at radius 2 is 2.13 bits per heavy atom. The molecule has 0 unspecified atom stereocenters. The molecule has 0 atom stereocenters. The topological polar surface area (TPSA) is 79.4 Å². The summed E-state index contributed by atoms with van der Waals surface area (Å²) < 4.78 is 21.9. The van der Waals surface area contributed by atoms with Crippen molar-refractivity contribution >= 4 is 33.0 Å². The minimum Gasteiger partial charge on any atom is -0.341 e. The molecule has 1 aromatic rings. The van der Waals surface area contributed by atoms with E-state index in [1.54, 1.807) is 24.7 Å². The maximum Gasteiger partial charge on any atom is 0.245 e. The Kier molecular flexibility index (Phi) is 4.81. The molecule has 0 bridgehead atoms. The smallest absolute Gasteiger partial charge is 0.245 e. The third kappa shape index (κ3) is 3.73. The molecule has 1 N–H and O–H groups in total. The van der Waals surface area contributed by atoms with E-state index in [4.69, 9.17) is 11.6 Å². The Morgan fingerprint density at radius 3 is 2.65 bits per heavy atom. The lowest BCUT2D eigenvalue weighted by atomic mass is 10.1. The SMILES string of the molecule is CC(C)(C(=O)NC1=C(Cl)CN(c2cccnc2)C=C1)S(C)(=O)=O. The van der Waals surface area contributed by atoms with Crippen LogP contribution in [0.25, 0.3) is 0 Å². The number of rotatable bonds is 4. The van der Waals surface area contributed by atoms with Crippen molar-refractivity contribution in [2.24, 2.45) is 0 Å². The third-order valence-electron chi connectivity index (χ3n) is 3.72. The molecule has 2 rings (SSSR count). The van der Waals surface area contributed by atoms with Gasteiger partial charge in [0.1, 0.15) is 4.75 Å². The van der Waals surface area contributed by atoms with Gasteiger partial charge in [-0.1, -0.05) is 11.6 Å². The number of halogens is 1. The van der Waals surface area contributed by atoms with Gasteiger partial charge in [0, 0.05) is 18.7 Å². The Morgan fingerprint density at radius 1 is 1.43 bits per heavy atom. The molecule has 0 spiro atoms. The van der Waals surface area contributed by atoms with Crippen molar-refractivity contribution in [2.45, 2.75) is 18.6 Å². The fourth-order valence-electron chi connectivity index (χ4n) is 1.79. The highest BCUT2D eigenvalue weighted by molar-refractivity contribution is 7.92. The standard InChI is InChI=1S/C15H18ClN3O3S/c1-15(2,23(3,21)22)14(20)18-13-6-8-19(10-12(13)16)11-5-4-7-17-9-11/h4-9H,10H2,1-3H3,(H,18,20). The summed E-state index contributed by atoms with van der Waals surface area (Å²) in [5.41, 5.74) is 1.26. The molecule has 0 saturated carbocycles. The third-order valence-corrected chi connectivity index (χ3v) is 6.08. The van der Waals surface area contributed by atoms with Crippen LogP contribution >= 0.6 is 11.6 Å². The number of hydrogen-bond acceptors (Lipinski definition) is 5. The van der Waals surface area contributed by atoms with Crippen molar-refractivity contribution in [3.05, 3.63) is 47.5 Å². The van der Waals surface area contributed by atoms with Gasteiger partial charge in [0.25, 0.3) is 0 Å². The highest BCUT2D eigenvalue weighted by Gasteiger charge is 2.39. The molecule has 23 heavy (non-hydrogen) atoms. The van der Waals surface area contributed by atoms with E-state index in [0.717, 1.165) is 11.9 Å². The van der Waals surface area contributed by atoms with E-state index in [-0.39, 0.29) is 0 Å². The van der Waals surface area contributed by atoms with Crippen LogP contribution in [0, 0.1) is 0 Å². The number of pyridine rings is 1. The Hall–Kier alpha value is -1.86. The number of nitrogens with one attached hydrogen (secondary N) is 1. The van der Waals surface area contributed by atoms with E-state index < -0.39 is 20.5 Å². The second-order valence-electron chi connectivity index (χ2n) is 5.71. The average Bonchev–Trinajstić information content (AvgIpc) is 2.49. The first-order chi connectivity index (χ1) is 10.6. The van der Waals surface area contributed by atoms with Crippen molar-refractivity contribution in [3.8, 4) is 0 Å². The normalized spacial score (nSPS) is 15.7. The molecular weight excluding hydrogens is 338 g/mol. The van der Waals surface area contributed by atoms with Crippen LogP contribution in [0.2, 0.25) is 0 Å². The predicted octanol–water partition coefficient (Wildman–Crippen LogP) is 1.81. The molecule has 1 aromatic heterocycles. The second kappa shape index (κ2) is 6.33. The van der Waals surface area contributed by atoms with Crippen LogP contribution in [0.4, 0.5) is 5.69 Å². The molecule has 0 aromatic carbocycles. The van der Waals surface area contributed by atoms with Crippen LogP contribution < -0.4 is 10.2 Å². The van der Waals surface area contributed by atoms with Gasteiger partial charge in [-0.3, -0.25) is 9.78 Å². The monoisotopic (exact) mass is 355 g/mol. The molecule has 0 saturated heterocycles. The van der Waals surface area contributed by atoms with Gasteiger partial charge in [0.2, 0.25) is 5.91 Å². The lowest BCUT2D eigenvalue weighted by Gasteiger charge is -2.27. The number of aromatic nitrogens is 1. The van der Waals surface area contributed by atoms with Gasteiger partial charge in [-0.15, -0.1) is 0 Å². The van der Waals surface area contributed by atoms with Gasteiger partial charge in [0.15, 0.2) is 9.84 Å². The van der Waals surface area contributed by atoms with Gasteiger partial charge < -0.3 is 10.2 Å². The van der Waals surface area contributed by atoms with Crippen LogP contribution in [0.3, 0.4) is 0 Å². The summed E-state index contributed by atoms with van der Waals surface area (Å²) in [6, 6.07) is 3.70. The minimum atomic E-state index is -3.54. The van der Waals surface area contributed by atoms with Crippen LogP contribution in [0.1, 0.15) is 13.8 Å². The minimum absolute atomic E-state index is 0.360. The zero-order valence-corrected chi connectivity index (χ0v) is 14.6. The Bertz CT molecular complexity index is 770. The highest BCUT2D eigenvalue weighted by Crippen LogP contribution is 2.23. The summed E-state index contributed by atoms with van der Waals surface area (Å²) in [5, 5.41) is 3.00. The fraction of sp³-hybridized carbons (Fsp3) is 0.333. The molecule has 0 fully saturated rings. The molecular formula is C15H18ClN3O3S. The summed E-state index contributed by atoms with van der Waals surface area (Å²) in [6.45, 7) is 3.08. The van der Waals surface area contributed by atoms with Gasteiger partial charge in [-0.25, -0.2) is 8.42 Å². The van der Waals surface area contributed by atoms with Crippen LogP contribution in [0.5, 0.6) is 0 Å². The highest BCUT2D eigenvalue weighted by atomic mass is 35.5. The number of carbonyl (C=O) groups is 1. The average molecular weight is 356 g/mol. The molecule has 2 heterocycles. The number of anilines is 1. The molecule has 1 aliphatic heterocycles. The van der Waals surface area contributed by atoms with Crippen molar-refractivity contribution in [2.75, 3.05) is 17.7 Å². The van der Waals surface area contributed by atoms with E-state index in [0.29, 0.717) is 17.3 Å². The van der Waals surface area contributed by atoms with Crippen molar-refractivity contribution in [1.29, 1.82) is 0 Å². The predicted molar refractivity (Wildman–Crippen MR) is 90.7 cm³/mol. The van der Waals surface area contributed by atoms with Crippen LogP contribution in [0.15, 0.2) is 47.5 Å². The van der Waals surface area contributed by atoms with Gasteiger partial charge in [0.05, 0.1) is 29.2 Å². The lowest BCUT2D eigenvalue weighted by Crippen LogP contribution is -2.47. The van der Waals surface area contributed by atoms with E-state index in [2.05, 4.69) is 10.3 Å². The number of nitrogens with zero attached hydrogens (tertiary/aromatic N) is 2. The lowest BCUT2D eigenvalue weighted by molar-refractivity contribution is -0.122. The van der Waals surface area contributed by atoms with Crippen LogP contribution in [-0.2, 0) is 14.6 Å². The van der Waals surface area contributed by atoms with E-state index in [1.807, 2.05) is 17.0 Å². The number of sulfone groups is 1. The molecule has 1 aliphatic rings. The summed E-state index contributed by atoms with van der Waals surface area (Å²) in [4.78, 5) is 18.1. The largest absolute Gasteiger partial charge is 0.341 e. The molecule has 0 aliphatic carbocycles. The zero-order valence-electron chi connectivity index (χ0n) is 13.1. The van der Waals surface area contributed by atoms with Crippen molar-refractivity contribution in [3.63, 3.8) is 0 Å². The second-order valence-corrected chi connectivity index (χ2v) is 8.73. The number of allylic oxidation sites excluding steroid dienone is 1. The molecule has 0 radical (unpaired) electrons. The number of carbonyl (C=O) groups excluding carboxylic acids is 1. The Balaban J connectivity index is 2.15. The zero-order chi connectivity index (χ0) is 17.3.